The molecule has 13 heavy (non-hydrogen) atoms. The highest BCUT2D eigenvalue weighted by Crippen LogP contribution is 2.02. The molecule has 0 fully saturated rings. The van der Waals surface area contributed by atoms with Gasteiger partial charge in [-0.1, -0.05) is 5.92 Å². The van der Waals surface area contributed by atoms with E-state index in [4.69, 9.17) is 0 Å². The van der Waals surface area contributed by atoms with Crippen LogP contribution in [0.4, 0.5) is 0 Å². The van der Waals surface area contributed by atoms with Gasteiger partial charge in [0, 0.05) is 6.20 Å². The Morgan fingerprint density at radius 3 is 3.00 bits per heavy atom. The van der Waals surface area contributed by atoms with Gasteiger partial charge < -0.3 is 0 Å². The van der Waals surface area contributed by atoms with E-state index in [1.165, 1.54) is 0 Å². The number of Topliss-reactive ketones (excluding diaryl/α,β-unsaturated/α-hetero) is 1. The van der Waals surface area contributed by atoms with Crippen molar-refractivity contribution in [2.45, 2.75) is 20.3 Å². The molecule has 0 N–H and O–H groups in total. The van der Waals surface area contributed by atoms with Crippen LogP contribution in [-0.4, -0.2) is 10.8 Å². The molecule has 0 atom stereocenters. The average Bonchev–Trinajstić information content (AvgIpc) is 2.14. The molecule has 2 nitrogen and oxygen atoms in total. The van der Waals surface area contributed by atoms with Gasteiger partial charge in [0.1, 0.15) is 5.69 Å². The fourth-order valence-corrected chi connectivity index (χ4v) is 0.948. The van der Waals surface area contributed by atoms with Crippen LogP contribution in [0, 0.1) is 18.8 Å². The minimum absolute atomic E-state index is 0.0157. The normalized spacial score (nSPS) is 8.77. The van der Waals surface area contributed by atoms with Crippen LogP contribution in [0.2, 0.25) is 0 Å². The SMILES string of the molecule is CC#CCC(=O)c1cc(C)ccn1. The summed E-state index contributed by atoms with van der Waals surface area (Å²) in [6, 6.07) is 3.64. The molecule has 1 rings (SSSR count). The van der Waals surface area contributed by atoms with Crippen molar-refractivity contribution < 1.29 is 4.79 Å². The zero-order valence-electron chi connectivity index (χ0n) is 7.79. The largest absolute Gasteiger partial charge is 0.291 e. The van der Waals surface area contributed by atoms with E-state index in [2.05, 4.69) is 16.8 Å². The van der Waals surface area contributed by atoms with E-state index in [9.17, 15) is 4.79 Å². The van der Waals surface area contributed by atoms with Gasteiger partial charge in [-0.25, -0.2) is 0 Å². The zero-order valence-corrected chi connectivity index (χ0v) is 7.79. The Kier molecular flexibility index (Phi) is 3.22. The lowest BCUT2D eigenvalue weighted by atomic mass is 10.1. The van der Waals surface area contributed by atoms with E-state index in [-0.39, 0.29) is 12.2 Å². The van der Waals surface area contributed by atoms with Crippen molar-refractivity contribution in [3.8, 4) is 11.8 Å². The lowest BCUT2D eigenvalue weighted by molar-refractivity contribution is 0.0993. The molecule has 2 heteroatoms. The van der Waals surface area contributed by atoms with Crippen LogP contribution in [0.25, 0.3) is 0 Å². The molecule has 0 radical (unpaired) electrons. The Morgan fingerprint density at radius 2 is 2.38 bits per heavy atom. The molecule has 0 bridgehead atoms. The molecule has 1 aromatic rings. The zero-order chi connectivity index (χ0) is 9.68. The second-order valence-electron chi connectivity index (χ2n) is 2.75. The molecule has 0 aliphatic heterocycles. The Hall–Kier alpha value is -1.62. The van der Waals surface area contributed by atoms with Gasteiger partial charge in [-0.05, 0) is 31.5 Å². The summed E-state index contributed by atoms with van der Waals surface area (Å²) in [5.41, 5.74) is 1.55. The van der Waals surface area contributed by atoms with Crippen molar-refractivity contribution in [3.63, 3.8) is 0 Å². The van der Waals surface area contributed by atoms with Gasteiger partial charge in [0.25, 0.3) is 0 Å². The molecule has 0 aromatic carbocycles. The fourth-order valence-electron chi connectivity index (χ4n) is 0.948. The molecule has 0 aliphatic carbocycles. The Balaban J connectivity index is 2.81. The van der Waals surface area contributed by atoms with Gasteiger partial charge in [0.15, 0.2) is 5.78 Å². The number of carbonyl (C=O) groups excluding carboxylic acids is 1. The first-order valence-electron chi connectivity index (χ1n) is 4.09. The van der Waals surface area contributed by atoms with Crippen molar-refractivity contribution >= 4 is 5.78 Å². The predicted octanol–water partition coefficient (Wildman–Crippen LogP) is 1.99. The summed E-state index contributed by atoms with van der Waals surface area (Å²) in [5, 5.41) is 0. The summed E-state index contributed by atoms with van der Waals surface area (Å²) >= 11 is 0. The quantitative estimate of drug-likeness (QED) is 0.505. The number of aromatic nitrogens is 1. The van der Waals surface area contributed by atoms with Crippen LogP contribution in [0.3, 0.4) is 0 Å². The first kappa shape index (κ1) is 9.47. The van der Waals surface area contributed by atoms with Crippen LogP contribution in [0.15, 0.2) is 18.3 Å². The Labute approximate surface area is 78.0 Å². The van der Waals surface area contributed by atoms with Gasteiger partial charge in [0.2, 0.25) is 0 Å². The van der Waals surface area contributed by atoms with E-state index in [0.717, 1.165) is 5.56 Å². The van der Waals surface area contributed by atoms with Gasteiger partial charge in [-0.3, -0.25) is 9.78 Å². The highest BCUT2D eigenvalue weighted by Gasteiger charge is 2.04. The standard InChI is InChI=1S/C11H11NO/c1-3-4-5-11(13)10-8-9(2)6-7-12-10/h6-8H,5H2,1-2H3. The summed E-state index contributed by atoms with van der Waals surface area (Å²) in [4.78, 5) is 15.4. The lowest BCUT2D eigenvalue weighted by Crippen LogP contribution is -2.00. The molecular weight excluding hydrogens is 162 g/mol. The van der Waals surface area contributed by atoms with E-state index in [1.807, 2.05) is 13.0 Å². The second-order valence-corrected chi connectivity index (χ2v) is 2.75. The Morgan fingerprint density at radius 1 is 1.62 bits per heavy atom. The number of nitrogens with zero attached hydrogens (tertiary/aromatic N) is 1. The maximum absolute atomic E-state index is 11.4. The third-order valence-corrected chi connectivity index (χ3v) is 1.63. The number of hydrogen-bond acceptors (Lipinski definition) is 2. The highest BCUT2D eigenvalue weighted by molar-refractivity contribution is 5.95. The van der Waals surface area contributed by atoms with E-state index < -0.39 is 0 Å². The number of carbonyl (C=O) groups is 1. The number of hydrogen-bond donors (Lipinski definition) is 0. The second kappa shape index (κ2) is 4.42. The smallest absolute Gasteiger partial charge is 0.193 e. The van der Waals surface area contributed by atoms with Crippen LogP contribution >= 0.6 is 0 Å². The van der Waals surface area contributed by atoms with E-state index in [1.54, 1.807) is 19.2 Å². The lowest BCUT2D eigenvalue weighted by Gasteiger charge is -1.96. The van der Waals surface area contributed by atoms with Crippen molar-refractivity contribution in [3.05, 3.63) is 29.6 Å². The van der Waals surface area contributed by atoms with Gasteiger partial charge in [-0.15, -0.1) is 5.92 Å². The summed E-state index contributed by atoms with van der Waals surface area (Å²) in [5.74, 6) is 5.40. The number of ketones is 1. The molecule has 0 saturated carbocycles. The number of aryl methyl sites for hydroxylation is 1. The summed E-state index contributed by atoms with van der Waals surface area (Å²) in [7, 11) is 0. The molecule has 1 aromatic heterocycles. The molecular formula is C11H11NO. The van der Waals surface area contributed by atoms with Crippen molar-refractivity contribution in [1.82, 2.24) is 4.98 Å². The topological polar surface area (TPSA) is 30.0 Å². The fraction of sp³-hybridized carbons (Fsp3) is 0.273. The van der Waals surface area contributed by atoms with Crippen LogP contribution in [0.5, 0.6) is 0 Å². The van der Waals surface area contributed by atoms with E-state index in [0.29, 0.717) is 5.69 Å². The molecule has 0 amide bonds. The van der Waals surface area contributed by atoms with Crippen LogP contribution in [0.1, 0.15) is 29.4 Å². The minimum atomic E-state index is -0.0157. The first-order valence-corrected chi connectivity index (χ1v) is 4.09. The molecule has 1 heterocycles. The number of rotatable bonds is 2. The molecule has 66 valence electrons. The first-order chi connectivity index (χ1) is 6.24. The summed E-state index contributed by atoms with van der Waals surface area (Å²) in [6.07, 6.45) is 1.90. The third-order valence-electron chi connectivity index (χ3n) is 1.63. The predicted molar refractivity (Wildman–Crippen MR) is 51.4 cm³/mol. The van der Waals surface area contributed by atoms with Gasteiger partial charge in [-0.2, -0.15) is 0 Å². The monoisotopic (exact) mass is 173 g/mol. The summed E-state index contributed by atoms with van der Waals surface area (Å²) in [6.45, 7) is 3.65. The molecule has 0 saturated heterocycles. The van der Waals surface area contributed by atoms with Crippen molar-refractivity contribution in [2.24, 2.45) is 0 Å². The molecule has 0 spiro atoms. The van der Waals surface area contributed by atoms with Crippen LogP contribution in [-0.2, 0) is 0 Å². The minimum Gasteiger partial charge on any atom is -0.291 e. The van der Waals surface area contributed by atoms with Crippen molar-refractivity contribution in [1.29, 1.82) is 0 Å². The molecule has 0 aliphatic rings. The maximum atomic E-state index is 11.4. The maximum Gasteiger partial charge on any atom is 0.193 e. The summed E-state index contributed by atoms with van der Waals surface area (Å²) < 4.78 is 0. The number of pyridine rings is 1. The Bertz CT molecular complexity index is 371. The van der Waals surface area contributed by atoms with Gasteiger partial charge >= 0.3 is 0 Å². The van der Waals surface area contributed by atoms with E-state index >= 15 is 0 Å². The van der Waals surface area contributed by atoms with Gasteiger partial charge in [0.05, 0.1) is 6.42 Å². The molecule has 0 unspecified atom stereocenters. The third kappa shape index (κ3) is 2.72. The average molecular weight is 173 g/mol. The van der Waals surface area contributed by atoms with Crippen molar-refractivity contribution in [2.75, 3.05) is 0 Å². The van der Waals surface area contributed by atoms with Crippen LogP contribution < -0.4 is 0 Å². The highest BCUT2D eigenvalue weighted by atomic mass is 16.1.